The lowest BCUT2D eigenvalue weighted by molar-refractivity contribution is -0.140. The van der Waals surface area contributed by atoms with Crippen LogP contribution in [0.3, 0.4) is 0 Å². The Kier molecular flexibility index (Phi) is 7.91. The highest BCUT2D eigenvalue weighted by molar-refractivity contribution is 6.06. The lowest BCUT2D eigenvalue weighted by Gasteiger charge is -2.36. The van der Waals surface area contributed by atoms with Gasteiger partial charge in [-0.1, -0.05) is 42.8 Å². The van der Waals surface area contributed by atoms with Crippen molar-refractivity contribution in [3.63, 3.8) is 0 Å². The van der Waals surface area contributed by atoms with Crippen molar-refractivity contribution in [1.29, 1.82) is 0 Å². The molecule has 0 saturated heterocycles. The van der Waals surface area contributed by atoms with Crippen LogP contribution in [0.2, 0.25) is 0 Å². The topological polar surface area (TPSA) is 70.9 Å². The average molecular weight is 524 g/mol. The first kappa shape index (κ1) is 26.0. The standard InChI is InChI=1S/C31H33N5O3/c1-33-29-19-18-27(20-25(29)21-32-33)36(31(38)24-12-6-3-7-13-24)35-23-34(26-14-8-4-9-15-26)22-28(35)16-10-5-11-17-30(37)39-2/h3-4,6-9,12-15,18-22H,5,10-11,16-17,23H2,1-2H3. The van der Waals surface area contributed by atoms with Crippen LogP contribution < -0.4 is 9.91 Å². The second-order valence-corrected chi connectivity index (χ2v) is 9.60. The number of hydrogen-bond acceptors (Lipinski definition) is 6. The minimum atomic E-state index is -0.183. The number of allylic oxidation sites excluding steroid dienone is 1. The molecule has 1 aromatic heterocycles. The Labute approximate surface area is 228 Å². The van der Waals surface area contributed by atoms with E-state index in [2.05, 4.69) is 33.3 Å². The van der Waals surface area contributed by atoms with Gasteiger partial charge in [-0.15, -0.1) is 0 Å². The number of fused-ring (bicyclic) bond motifs is 1. The maximum atomic E-state index is 14.1. The summed E-state index contributed by atoms with van der Waals surface area (Å²) in [6.07, 6.45) is 7.67. The van der Waals surface area contributed by atoms with E-state index in [9.17, 15) is 9.59 Å². The number of unbranched alkanes of at least 4 members (excludes halogenated alkanes) is 2. The van der Waals surface area contributed by atoms with Crippen LogP contribution in [0, 0.1) is 0 Å². The summed E-state index contributed by atoms with van der Waals surface area (Å²) in [5, 5.41) is 9.21. The molecular formula is C31H33N5O3. The lowest BCUT2D eigenvalue weighted by atomic mass is 10.1. The molecule has 39 heavy (non-hydrogen) atoms. The smallest absolute Gasteiger partial charge is 0.305 e. The van der Waals surface area contributed by atoms with E-state index in [4.69, 9.17) is 4.74 Å². The van der Waals surface area contributed by atoms with Gasteiger partial charge in [-0.3, -0.25) is 19.3 Å². The fourth-order valence-electron chi connectivity index (χ4n) is 4.89. The predicted molar refractivity (Wildman–Crippen MR) is 153 cm³/mol. The third-order valence-corrected chi connectivity index (χ3v) is 6.98. The first-order valence-electron chi connectivity index (χ1n) is 13.2. The van der Waals surface area contributed by atoms with E-state index < -0.39 is 0 Å². The van der Waals surface area contributed by atoms with Crippen LogP contribution in [-0.4, -0.2) is 40.4 Å². The van der Waals surface area contributed by atoms with Gasteiger partial charge in [0.15, 0.2) is 0 Å². The van der Waals surface area contributed by atoms with Crippen molar-refractivity contribution in [1.82, 2.24) is 14.8 Å². The van der Waals surface area contributed by atoms with Crippen molar-refractivity contribution in [2.45, 2.75) is 32.1 Å². The Morgan fingerprint density at radius 3 is 2.44 bits per heavy atom. The zero-order chi connectivity index (χ0) is 27.2. The minimum Gasteiger partial charge on any atom is -0.469 e. The highest BCUT2D eigenvalue weighted by Gasteiger charge is 2.32. The number of anilines is 2. The van der Waals surface area contributed by atoms with Crippen molar-refractivity contribution in [3.8, 4) is 0 Å². The summed E-state index contributed by atoms with van der Waals surface area (Å²) in [5.74, 6) is -0.289. The number of carbonyl (C=O) groups is 2. The van der Waals surface area contributed by atoms with Crippen LogP contribution >= 0.6 is 0 Å². The van der Waals surface area contributed by atoms with Gasteiger partial charge in [-0.05, 0) is 61.7 Å². The summed E-state index contributed by atoms with van der Waals surface area (Å²) in [7, 11) is 3.33. The van der Waals surface area contributed by atoms with Crippen molar-refractivity contribution in [3.05, 3.63) is 103 Å². The number of amides is 1. The van der Waals surface area contributed by atoms with Crippen molar-refractivity contribution in [2.75, 3.05) is 23.7 Å². The van der Waals surface area contributed by atoms with E-state index in [1.54, 1.807) is 5.01 Å². The summed E-state index contributed by atoms with van der Waals surface area (Å²) in [4.78, 5) is 27.8. The number of aryl methyl sites for hydroxylation is 1. The Morgan fingerprint density at radius 1 is 0.949 bits per heavy atom. The minimum absolute atomic E-state index is 0.106. The second kappa shape index (κ2) is 11.9. The Balaban J connectivity index is 1.48. The third-order valence-electron chi connectivity index (χ3n) is 6.98. The van der Waals surface area contributed by atoms with E-state index in [0.29, 0.717) is 18.7 Å². The molecule has 0 bridgehead atoms. The SMILES string of the molecule is COC(=O)CCCCCC1=CN(c2ccccc2)CN1N(C(=O)c1ccccc1)c1ccc2c(cnn2C)c1. The fraction of sp³-hybridized carbons (Fsp3) is 0.258. The van der Waals surface area contributed by atoms with E-state index in [1.165, 1.54) is 7.11 Å². The Bertz CT molecular complexity index is 1470. The van der Waals surface area contributed by atoms with Crippen molar-refractivity contribution in [2.24, 2.45) is 7.05 Å². The summed E-state index contributed by atoms with van der Waals surface area (Å²) in [6.45, 7) is 0.491. The van der Waals surface area contributed by atoms with E-state index in [-0.39, 0.29) is 11.9 Å². The molecular weight excluding hydrogens is 490 g/mol. The van der Waals surface area contributed by atoms with Gasteiger partial charge in [0.25, 0.3) is 5.91 Å². The van der Waals surface area contributed by atoms with Gasteiger partial charge in [0.2, 0.25) is 0 Å². The Morgan fingerprint density at radius 2 is 1.69 bits per heavy atom. The molecule has 0 radical (unpaired) electrons. The lowest BCUT2D eigenvalue weighted by Crippen LogP contribution is -2.47. The number of nitrogens with zero attached hydrogens (tertiary/aromatic N) is 5. The van der Waals surface area contributed by atoms with Gasteiger partial charge >= 0.3 is 5.97 Å². The van der Waals surface area contributed by atoms with Crippen LogP contribution in [0.25, 0.3) is 10.9 Å². The number of ether oxygens (including phenoxy) is 1. The molecule has 0 unspecified atom stereocenters. The fourth-order valence-corrected chi connectivity index (χ4v) is 4.89. The number of esters is 1. The number of hydrazine groups is 1. The van der Waals surface area contributed by atoms with Crippen LogP contribution in [0.5, 0.6) is 0 Å². The average Bonchev–Trinajstić information content (AvgIpc) is 3.57. The zero-order valence-corrected chi connectivity index (χ0v) is 22.4. The van der Waals surface area contributed by atoms with Crippen LogP contribution in [0.4, 0.5) is 11.4 Å². The summed E-state index contributed by atoms with van der Waals surface area (Å²) in [5.41, 5.74) is 4.47. The molecule has 5 rings (SSSR count). The van der Waals surface area contributed by atoms with E-state index >= 15 is 0 Å². The molecule has 2 heterocycles. The molecule has 0 spiro atoms. The first-order chi connectivity index (χ1) is 19.0. The van der Waals surface area contributed by atoms with E-state index in [0.717, 1.165) is 53.7 Å². The molecule has 3 aromatic carbocycles. The number of carbonyl (C=O) groups excluding carboxylic acids is 2. The molecule has 1 amide bonds. The van der Waals surface area contributed by atoms with Crippen molar-refractivity contribution < 1.29 is 14.3 Å². The van der Waals surface area contributed by atoms with Crippen LogP contribution in [-0.2, 0) is 16.6 Å². The predicted octanol–water partition coefficient (Wildman–Crippen LogP) is 5.88. The molecule has 200 valence electrons. The molecule has 8 heteroatoms. The van der Waals surface area contributed by atoms with Gasteiger partial charge in [0.1, 0.15) is 6.67 Å². The van der Waals surface area contributed by atoms with Crippen LogP contribution in [0.15, 0.2) is 97.0 Å². The highest BCUT2D eigenvalue weighted by Crippen LogP contribution is 2.33. The highest BCUT2D eigenvalue weighted by atomic mass is 16.5. The number of rotatable bonds is 10. The van der Waals surface area contributed by atoms with Gasteiger partial charge in [0.05, 0.1) is 30.2 Å². The second-order valence-electron chi connectivity index (χ2n) is 9.60. The van der Waals surface area contributed by atoms with Gasteiger partial charge in [0, 0.05) is 36.3 Å². The Hall–Kier alpha value is -4.59. The molecule has 0 N–H and O–H groups in total. The maximum absolute atomic E-state index is 14.1. The number of aromatic nitrogens is 2. The molecule has 1 aliphatic rings. The number of benzene rings is 3. The number of para-hydroxylation sites is 1. The molecule has 8 nitrogen and oxygen atoms in total. The summed E-state index contributed by atoms with van der Waals surface area (Å²) in [6, 6.07) is 25.5. The monoisotopic (exact) mass is 523 g/mol. The van der Waals surface area contributed by atoms with Gasteiger partial charge in [-0.25, -0.2) is 5.01 Å². The van der Waals surface area contributed by atoms with Crippen LogP contribution in [0.1, 0.15) is 42.5 Å². The van der Waals surface area contributed by atoms with Gasteiger partial charge < -0.3 is 9.64 Å². The molecule has 0 fully saturated rings. The van der Waals surface area contributed by atoms with Crippen molar-refractivity contribution >= 4 is 34.2 Å². The number of hydrogen-bond donors (Lipinski definition) is 0. The third kappa shape index (κ3) is 5.80. The van der Waals surface area contributed by atoms with Gasteiger partial charge in [-0.2, -0.15) is 5.10 Å². The zero-order valence-electron chi connectivity index (χ0n) is 22.4. The largest absolute Gasteiger partial charge is 0.469 e. The summed E-state index contributed by atoms with van der Waals surface area (Å²) >= 11 is 0. The molecule has 0 atom stereocenters. The molecule has 0 aliphatic carbocycles. The summed E-state index contributed by atoms with van der Waals surface area (Å²) < 4.78 is 6.60. The molecule has 0 saturated carbocycles. The quantitative estimate of drug-likeness (QED) is 0.191. The molecule has 1 aliphatic heterocycles. The van der Waals surface area contributed by atoms with E-state index in [1.807, 2.05) is 84.7 Å². The normalized spacial score (nSPS) is 13.0. The number of methoxy groups -OCH3 is 1. The maximum Gasteiger partial charge on any atom is 0.305 e. The molecule has 4 aromatic rings. The first-order valence-corrected chi connectivity index (χ1v) is 13.2.